The van der Waals surface area contributed by atoms with Crippen molar-refractivity contribution in [1.82, 2.24) is 0 Å². The van der Waals surface area contributed by atoms with Gasteiger partial charge in [0.2, 0.25) is 0 Å². The van der Waals surface area contributed by atoms with E-state index < -0.39 is 0 Å². The zero-order valence-corrected chi connectivity index (χ0v) is 8.28. The Morgan fingerprint density at radius 1 is 1.27 bits per heavy atom. The van der Waals surface area contributed by atoms with Gasteiger partial charge in [0.1, 0.15) is 0 Å². The quantitative estimate of drug-likeness (QED) is 0.657. The fourth-order valence-corrected chi connectivity index (χ4v) is 1.15. The highest BCUT2D eigenvalue weighted by atomic mass is 35.5. The summed E-state index contributed by atoms with van der Waals surface area (Å²) in [5.74, 6) is 0. The van der Waals surface area contributed by atoms with E-state index in [2.05, 4.69) is 6.58 Å². The zero-order valence-electron chi connectivity index (χ0n) is 5.77. The van der Waals surface area contributed by atoms with Crippen LogP contribution in [0.4, 0.5) is 0 Å². The van der Waals surface area contributed by atoms with E-state index in [1.807, 2.05) is 6.07 Å². The molecule has 0 aliphatic heterocycles. The summed E-state index contributed by atoms with van der Waals surface area (Å²) < 4.78 is 0. The molecule has 1 rings (SSSR count). The first-order valence-electron chi connectivity index (χ1n) is 2.81. The first-order chi connectivity index (χ1) is 4.74. The van der Waals surface area contributed by atoms with Crippen molar-refractivity contribution in [3.05, 3.63) is 40.4 Å². The number of hydrogen-bond donors (Lipinski definition) is 0. The number of rotatable bonds is 1. The molecule has 0 nitrogen and oxygen atoms in total. The van der Waals surface area contributed by atoms with Gasteiger partial charge in [0.15, 0.2) is 0 Å². The number of halogens is 2. The Hall–Kier alpha value is -0.110. The predicted molar refractivity (Wildman–Crippen MR) is 56.9 cm³/mol. The lowest BCUT2D eigenvalue weighted by atomic mass is 10.2. The molecule has 1 aromatic carbocycles. The molecule has 0 aromatic heterocycles. The molecule has 0 amide bonds. The summed E-state index contributed by atoms with van der Waals surface area (Å²) >= 11 is 11.4. The van der Waals surface area contributed by atoms with Gasteiger partial charge in [-0.25, -0.2) is 0 Å². The highest BCUT2D eigenvalue weighted by Gasteiger charge is 1.94. The molecule has 0 radical (unpaired) electrons. The Morgan fingerprint density at radius 3 is 2.36 bits per heavy atom. The zero-order chi connectivity index (χ0) is 7.56. The summed E-state index contributed by atoms with van der Waals surface area (Å²) in [6.45, 7) is 3.59. The molecule has 0 fully saturated rings. The number of hydrogen-bond acceptors (Lipinski definition) is 0. The minimum Gasteiger partial charge on any atom is -0.197 e. The molecular weight excluding hydrogens is 199 g/mol. The van der Waals surface area contributed by atoms with Crippen LogP contribution in [0.15, 0.2) is 24.8 Å². The molecule has 0 aliphatic rings. The van der Waals surface area contributed by atoms with Crippen LogP contribution in [0.5, 0.6) is 0 Å². The Labute approximate surface area is 83.3 Å². The van der Waals surface area contributed by atoms with Gasteiger partial charge < -0.3 is 0 Å². The van der Waals surface area contributed by atoms with Crippen molar-refractivity contribution in [1.29, 1.82) is 0 Å². The molecular formula is C8H8Cl2S. The van der Waals surface area contributed by atoms with Crippen LogP contribution in [-0.2, 0) is 0 Å². The molecule has 3 heteroatoms. The first-order valence-corrected chi connectivity index (χ1v) is 3.57. The van der Waals surface area contributed by atoms with E-state index in [0.29, 0.717) is 10.0 Å². The van der Waals surface area contributed by atoms with Gasteiger partial charge >= 0.3 is 0 Å². The second-order valence-electron chi connectivity index (χ2n) is 1.87. The van der Waals surface area contributed by atoms with Gasteiger partial charge in [0.05, 0.1) is 0 Å². The molecule has 0 spiro atoms. The smallest absolute Gasteiger partial charge is 0.0492 e. The van der Waals surface area contributed by atoms with E-state index >= 15 is 0 Å². The Balaban J connectivity index is 0.000001000. The third-order valence-corrected chi connectivity index (χ3v) is 1.74. The minimum atomic E-state index is 0. The van der Waals surface area contributed by atoms with Crippen molar-refractivity contribution >= 4 is 42.8 Å². The normalized spacial score (nSPS) is 8.55. The third kappa shape index (κ3) is 2.78. The molecule has 11 heavy (non-hydrogen) atoms. The average Bonchev–Trinajstić information content (AvgIpc) is 1.88. The topological polar surface area (TPSA) is 0 Å². The van der Waals surface area contributed by atoms with Crippen molar-refractivity contribution in [2.45, 2.75) is 0 Å². The van der Waals surface area contributed by atoms with Gasteiger partial charge in [-0.3, -0.25) is 0 Å². The maximum atomic E-state index is 5.77. The summed E-state index contributed by atoms with van der Waals surface area (Å²) in [4.78, 5) is 0. The lowest BCUT2D eigenvalue weighted by molar-refractivity contribution is 1.66. The predicted octanol–water partition coefficient (Wildman–Crippen LogP) is 3.75. The van der Waals surface area contributed by atoms with E-state index in [1.54, 1.807) is 18.2 Å². The molecule has 0 atom stereocenters. The van der Waals surface area contributed by atoms with Crippen molar-refractivity contribution in [2.75, 3.05) is 0 Å². The first kappa shape index (κ1) is 10.9. The Bertz CT molecular complexity index is 258. The van der Waals surface area contributed by atoms with Gasteiger partial charge in [-0.2, -0.15) is 13.5 Å². The second-order valence-corrected chi connectivity index (χ2v) is 2.71. The van der Waals surface area contributed by atoms with E-state index in [4.69, 9.17) is 23.2 Å². The molecule has 0 N–H and O–H groups in total. The maximum Gasteiger partial charge on any atom is 0.0492 e. The average molecular weight is 207 g/mol. The van der Waals surface area contributed by atoms with Crippen molar-refractivity contribution < 1.29 is 0 Å². The summed E-state index contributed by atoms with van der Waals surface area (Å²) in [5.41, 5.74) is 0.908. The third-order valence-electron chi connectivity index (χ3n) is 1.18. The van der Waals surface area contributed by atoms with Gasteiger partial charge in [-0.15, -0.1) is 0 Å². The summed E-state index contributed by atoms with van der Waals surface area (Å²) in [6.07, 6.45) is 1.69. The molecule has 0 bridgehead atoms. The maximum absolute atomic E-state index is 5.77. The van der Waals surface area contributed by atoms with Crippen LogP contribution < -0.4 is 0 Å². The van der Waals surface area contributed by atoms with E-state index in [1.165, 1.54) is 0 Å². The Morgan fingerprint density at radius 2 is 1.91 bits per heavy atom. The lowest BCUT2D eigenvalue weighted by Gasteiger charge is -1.96. The second kappa shape index (κ2) is 4.70. The number of benzene rings is 1. The minimum absolute atomic E-state index is 0. The largest absolute Gasteiger partial charge is 0.197 e. The summed E-state index contributed by atoms with van der Waals surface area (Å²) in [5, 5.41) is 1.29. The fourth-order valence-electron chi connectivity index (χ4n) is 0.667. The van der Waals surface area contributed by atoms with Crippen molar-refractivity contribution in [3.8, 4) is 0 Å². The van der Waals surface area contributed by atoms with Crippen LogP contribution in [-0.4, -0.2) is 0 Å². The highest BCUT2D eigenvalue weighted by molar-refractivity contribution is 7.59. The summed E-state index contributed by atoms with van der Waals surface area (Å²) in [6, 6.07) is 5.31. The lowest BCUT2D eigenvalue weighted by Crippen LogP contribution is -1.72. The molecule has 0 saturated carbocycles. The van der Waals surface area contributed by atoms with Crippen molar-refractivity contribution in [3.63, 3.8) is 0 Å². The Kier molecular flexibility index (Phi) is 4.66. The van der Waals surface area contributed by atoms with Crippen LogP contribution in [0.2, 0.25) is 10.0 Å². The summed E-state index contributed by atoms with van der Waals surface area (Å²) in [7, 11) is 0. The van der Waals surface area contributed by atoms with Gasteiger partial charge in [-0.05, 0) is 17.7 Å². The van der Waals surface area contributed by atoms with Crippen LogP contribution in [0, 0.1) is 0 Å². The molecule has 1 aromatic rings. The molecule has 60 valence electrons. The van der Waals surface area contributed by atoms with Gasteiger partial charge in [-0.1, -0.05) is 41.9 Å². The van der Waals surface area contributed by atoms with E-state index in [9.17, 15) is 0 Å². The van der Waals surface area contributed by atoms with Crippen LogP contribution in [0.1, 0.15) is 5.56 Å². The monoisotopic (exact) mass is 206 g/mol. The fraction of sp³-hybridized carbons (Fsp3) is 0. The van der Waals surface area contributed by atoms with Gasteiger partial charge in [0, 0.05) is 10.0 Å². The van der Waals surface area contributed by atoms with Crippen LogP contribution >= 0.6 is 36.7 Å². The molecule has 0 unspecified atom stereocenters. The molecule has 0 heterocycles. The SMILES string of the molecule is C=Cc1ccc(Cl)cc1Cl.S. The van der Waals surface area contributed by atoms with Gasteiger partial charge in [0.25, 0.3) is 0 Å². The van der Waals surface area contributed by atoms with E-state index in [0.717, 1.165) is 5.56 Å². The van der Waals surface area contributed by atoms with Crippen LogP contribution in [0.3, 0.4) is 0 Å². The molecule has 0 saturated heterocycles. The van der Waals surface area contributed by atoms with E-state index in [-0.39, 0.29) is 13.5 Å². The van der Waals surface area contributed by atoms with Crippen molar-refractivity contribution in [2.24, 2.45) is 0 Å². The standard InChI is InChI=1S/C8H6Cl2.H2S/c1-2-6-3-4-7(9)5-8(6)10;/h2-5H,1H2;1H2. The highest BCUT2D eigenvalue weighted by Crippen LogP contribution is 2.21. The molecule has 0 aliphatic carbocycles. The van der Waals surface area contributed by atoms with Crippen LogP contribution in [0.25, 0.3) is 6.08 Å².